The fraction of sp³-hybridized carbons (Fsp3) is 0.619. The van der Waals surface area contributed by atoms with Gasteiger partial charge in [0.15, 0.2) is 0 Å². The number of carbonyl (C=O) groups excluding carboxylic acids is 2. The number of halogens is 1. The Bertz CT molecular complexity index is 691. The van der Waals surface area contributed by atoms with Crippen molar-refractivity contribution in [3.63, 3.8) is 0 Å². The highest BCUT2D eigenvalue weighted by Gasteiger charge is 2.37. The zero-order valence-electron chi connectivity index (χ0n) is 15.7. The molecule has 0 saturated carbocycles. The Hall–Kier alpha value is -1.59. The number of anilines is 1. The van der Waals surface area contributed by atoms with Gasteiger partial charge in [0.25, 0.3) is 0 Å². The zero-order valence-corrected chi connectivity index (χ0v) is 16.5. The third kappa shape index (κ3) is 4.14. The van der Waals surface area contributed by atoms with Crippen LogP contribution in [0.5, 0.6) is 0 Å². The Kier molecular flexibility index (Phi) is 5.69. The van der Waals surface area contributed by atoms with E-state index in [1.807, 2.05) is 12.1 Å². The molecule has 1 N–H and O–H groups in total. The van der Waals surface area contributed by atoms with Gasteiger partial charge in [-0.25, -0.2) is 0 Å². The average Bonchev–Trinajstić information content (AvgIpc) is 3.08. The van der Waals surface area contributed by atoms with Gasteiger partial charge in [0.2, 0.25) is 11.8 Å². The second-order valence-corrected chi connectivity index (χ2v) is 8.56. The van der Waals surface area contributed by atoms with Gasteiger partial charge in [0.05, 0.1) is 5.92 Å². The number of hydrogen-bond acceptors (Lipinski definition) is 3. The van der Waals surface area contributed by atoms with Crippen LogP contribution in [0.1, 0.15) is 38.5 Å². The molecule has 1 aromatic carbocycles. The highest BCUT2D eigenvalue weighted by molar-refractivity contribution is 6.30. The Morgan fingerprint density at radius 3 is 2.70 bits per heavy atom. The van der Waals surface area contributed by atoms with Crippen molar-refractivity contribution < 1.29 is 9.59 Å². The quantitative estimate of drug-likeness (QED) is 0.861. The van der Waals surface area contributed by atoms with Crippen molar-refractivity contribution >= 4 is 29.1 Å². The van der Waals surface area contributed by atoms with E-state index in [9.17, 15) is 9.59 Å². The molecule has 3 saturated heterocycles. The first-order valence-corrected chi connectivity index (χ1v) is 10.6. The largest absolute Gasteiger partial charge is 0.355 e. The predicted octanol–water partition coefficient (Wildman–Crippen LogP) is 3.07. The van der Waals surface area contributed by atoms with Gasteiger partial charge in [-0.05, 0) is 69.0 Å². The molecule has 0 aromatic heterocycles. The second-order valence-electron chi connectivity index (χ2n) is 8.13. The van der Waals surface area contributed by atoms with Gasteiger partial charge in [-0.15, -0.1) is 0 Å². The minimum atomic E-state index is -0.265. The maximum atomic E-state index is 12.7. The summed E-state index contributed by atoms with van der Waals surface area (Å²) in [6.45, 7) is 3.61. The lowest BCUT2D eigenvalue weighted by Gasteiger charge is -2.44. The van der Waals surface area contributed by atoms with Gasteiger partial charge in [0, 0.05) is 36.3 Å². The first kappa shape index (κ1) is 18.8. The molecule has 146 valence electrons. The number of carbonyl (C=O) groups is 2. The van der Waals surface area contributed by atoms with Crippen molar-refractivity contribution in [3.05, 3.63) is 29.3 Å². The molecule has 5 nitrogen and oxygen atoms in total. The molecular weight excluding hydrogens is 362 g/mol. The van der Waals surface area contributed by atoms with Crippen LogP contribution in [0, 0.1) is 11.8 Å². The molecule has 0 aliphatic carbocycles. The molecule has 3 aliphatic rings. The minimum absolute atomic E-state index is 0.00796. The van der Waals surface area contributed by atoms with Gasteiger partial charge in [-0.3, -0.25) is 9.59 Å². The Morgan fingerprint density at radius 2 is 1.89 bits per heavy atom. The monoisotopic (exact) mass is 389 g/mol. The van der Waals surface area contributed by atoms with Crippen LogP contribution in [-0.4, -0.2) is 48.9 Å². The summed E-state index contributed by atoms with van der Waals surface area (Å²) in [5.74, 6) is 0.313. The first-order chi connectivity index (χ1) is 13.1. The van der Waals surface area contributed by atoms with Crippen LogP contribution in [0.25, 0.3) is 0 Å². The summed E-state index contributed by atoms with van der Waals surface area (Å²) < 4.78 is 0. The molecule has 0 bridgehead atoms. The molecule has 2 amide bonds. The molecule has 3 fully saturated rings. The molecular formula is C21H28ClN3O2. The average molecular weight is 390 g/mol. The number of nitrogens with one attached hydrogen (secondary N) is 1. The summed E-state index contributed by atoms with van der Waals surface area (Å²) in [6.07, 6.45) is 6.58. The minimum Gasteiger partial charge on any atom is -0.355 e. The van der Waals surface area contributed by atoms with Crippen LogP contribution < -0.4 is 10.2 Å². The molecule has 2 unspecified atom stereocenters. The number of benzene rings is 1. The fourth-order valence-corrected chi connectivity index (χ4v) is 5.07. The first-order valence-electron chi connectivity index (χ1n) is 10.2. The van der Waals surface area contributed by atoms with Crippen molar-refractivity contribution in [3.8, 4) is 0 Å². The molecule has 1 aromatic rings. The lowest BCUT2D eigenvalue weighted by Crippen LogP contribution is -2.51. The Labute approximate surface area is 166 Å². The summed E-state index contributed by atoms with van der Waals surface area (Å²) in [4.78, 5) is 29.4. The molecule has 3 heterocycles. The van der Waals surface area contributed by atoms with E-state index in [0.717, 1.165) is 12.2 Å². The Balaban J connectivity index is 1.32. The third-order valence-electron chi connectivity index (χ3n) is 6.40. The van der Waals surface area contributed by atoms with Crippen molar-refractivity contribution in [2.45, 2.75) is 44.6 Å². The lowest BCUT2D eigenvalue weighted by molar-refractivity contribution is -0.126. The van der Waals surface area contributed by atoms with E-state index in [1.54, 1.807) is 17.0 Å². The third-order valence-corrected chi connectivity index (χ3v) is 6.65. The maximum Gasteiger partial charge on any atom is 0.227 e. The van der Waals surface area contributed by atoms with Crippen LogP contribution in [0.3, 0.4) is 0 Å². The number of amides is 2. The van der Waals surface area contributed by atoms with Gasteiger partial charge in [-0.1, -0.05) is 18.0 Å². The van der Waals surface area contributed by atoms with E-state index in [2.05, 4.69) is 10.2 Å². The second kappa shape index (κ2) is 8.19. The smallest absolute Gasteiger partial charge is 0.227 e. The number of fused-ring (bicyclic) bond motifs is 1. The van der Waals surface area contributed by atoms with Crippen LogP contribution >= 0.6 is 11.6 Å². The van der Waals surface area contributed by atoms with E-state index >= 15 is 0 Å². The summed E-state index contributed by atoms with van der Waals surface area (Å²) in [6, 6.07) is 7.84. The summed E-state index contributed by atoms with van der Waals surface area (Å²) >= 11 is 5.93. The standard InChI is InChI=1S/C21H28ClN3O2/c22-17-6-8-18(9-7-17)25-14-16(12-20(25)26)21(27)23-13-15-4-3-11-24-10-2-1-5-19(15)24/h6-9,15-16,19H,1-5,10-14H2,(H,23,27)/t15-,16?,19?/m0/s1. The number of hydrogen-bond donors (Lipinski definition) is 1. The zero-order chi connectivity index (χ0) is 18.8. The number of piperidine rings is 2. The normalized spacial score (nSPS) is 28.9. The lowest BCUT2D eigenvalue weighted by atomic mass is 9.83. The van der Waals surface area contributed by atoms with Crippen molar-refractivity contribution in [2.75, 3.05) is 31.1 Å². The van der Waals surface area contributed by atoms with Gasteiger partial charge in [-0.2, -0.15) is 0 Å². The van der Waals surface area contributed by atoms with Crippen LogP contribution in [-0.2, 0) is 9.59 Å². The summed E-state index contributed by atoms with van der Waals surface area (Å²) in [7, 11) is 0. The van der Waals surface area contributed by atoms with E-state index in [4.69, 9.17) is 11.6 Å². The summed E-state index contributed by atoms with van der Waals surface area (Å²) in [5, 5.41) is 3.81. The molecule has 27 heavy (non-hydrogen) atoms. The molecule has 6 heteroatoms. The highest BCUT2D eigenvalue weighted by Crippen LogP contribution is 2.31. The van der Waals surface area contributed by atoms with E-state index in [0.29, 0.717) is 23.5 Å². The fourth-order valence-electron chi connectivity index (χ4n) is 4.95. The van der Waals surface area contributed by atoms with E-state index in [1.165, 1.54) is 45.2 Å². The molecule has 3 aliphatic heterocycles. The van der Waals surface area contributed by atoms with Gasteiger partial charge < -0.3 is 15.1 Å². The summed E-state index contributed by atoms with van der Waals surface area (Å²) in [5.41, 5.74) is 0.810. The van der Waals surface area contributed by atoms with E-state index < -0.39 is 0 Å². The van der Waals surface area contributed by atoms with Crippen molar-refractivity contribution in [2.24, 2.45) is 11.8 Å². The van der Waals surface area contributed by atoms with Gasteiger partial charge in [0.1, 0.15) is 0 Å². The highest BCUT2D eigenvalue weighted by atomic mass is 35.5. The molecule has 4 rings (SSSR count). The van der Waals surface area contributed by atoms with Crippen molar-refractivity contribution in [1.29, 1.82) is 0 Å². The molecule has 0 radical (unpaired) electrons. The molecule has 0 spiro atoms. The van der Waals surface area contributed by atoms with Gasteiger partial charge >= 0.3 is 0 Å². The topological polar surface area (TPSA) is 52.7 Å². The van der Waals surface area contributed by atoms with Crippen LogP contribution in [0.15, 0.2) is 24.3 Å². The van der Waals surface area contributed by atoms with E-state index in [-0.39, 0.29) is 24.2 Å². The van der Waals surface area contributed by atoms with Crippen molar-refractivity contribution in [1.82, 2.24) is 10.2 Å². The van der Waals surface area contributed by atoms with Crippen LogP contribution in [0.2, 0.25) is 5.02 Å². The number of rotatable bonds is 4. The Morgan fingerprint density at radius 1 is 1.11 bits per heavy atom. The van der Waals surface area contributed by atoms with Crippen LogP contribution in [0.4, 0.5) is 5.69 Å². The number of nitrogens with zero attached hydrogens (tertiary/aromatic N) is 2. The SMILES string of the molecule is O=C(NC[C@@H]1CCCN2CCCCC12)C1CC(=O)N(c2ccc(Cl)cc2)C1. The molecule has 3 atom stereocenters. The maximum absolute atomic E-state index is 12.7. The predicted molar refractivity (Wildman–Crippen MR) is 107 cm³/mol.